The molecule has 18 heavy (non-hydrogen) atoms. The molecule has 98 valence electrons. The van der Waals surface area contributed by atoms with Crippen molar-refractivity contribution >= 4 is 5.88 Å². The molecule has 0 saturated heterocycles. The molecule has 0 aliphatic heterocycles. The van der Waals surface area contributed by atoms with Gasteiger partial charge in [0, 0.05) is 24.4 Å². The van der Waals surface area contributed by atoms with Crippen molar-refractivity contribution in [3.8, 4) is 11.3 Å². The normalized spacial score (nSPS) is 11.4. The Kier molecular flexibility index (Phi) is 3.41. The van der Waals surface area contributed by atoms with Gasteiger partial charge in [-0.15, -0.1) is 0 Å². The van der Waals surface area contributed by atoms with E-state index in [1.165, 1.54) is 0 Å². The van der Waals surface area contributed by atoms with E-state index in [2.05, 4.69) is 31.0 Å². The second-order valence-corrected chi connectivity index (χ2v) is 4.99. The zero-order valence-corrected chi connectivity index (χ0v) is 11.4. The largest absolute Gasteiger partial charge is 0.367 e. The molecule has 5 heteroatoms. The summed E-state index contributed by atoms with van der Waals surface area (Å²) in [6.07, 6.45) is 3.70. The fourth-order valence-electron chi connectivity index (χ4n) is 2.13. The minimum Gasteiger partial charge on any atom is -0.367 e. The van der Waals surface area contributed by atoms with E-state index in [9.17, 15) is 0 Å². The Balaban J connectivity index is 2.50. The number of nitrogens with two attached hydrogens (primary N) is 1. The molecular formula is C13H20N4O. The summed E-state index contributed by atoms with van der Waals surface area (Å²) in [5, 5.41) is 8.54. The second-order valence-electron chi connectivity index (χ2n) is 4.99. The van der Waals surface area contributed by atoms with Crippen molar-refractivity contribution in [1.82, 2.24) is 14.9 Å². The Morgan fingerprint density at radius 2 is 2.17 bits per heavy atom. The van der Waals surface area contributed by atoms with Crippen molar-refractivity contribution in [2.24, 2.45) is 13.0 Å². The van der Waals surface area contributed by atoms with Crippen LogP contribution in [-0.2, 0) is 19.9 Å². The predicted molar refractivity (Wildman–Crippen MR) is 71.0 cm³/mol. The van der Waals surface area contributed by atoms with E-state index < -0.39 is 0 Å². The highest BCUT2D eigenvalue weighted by Crippen LogP contribution is 2.31. The molecular weight excluding hydrogens is 228 g/mol. The summed E-state index contributed by atoms with van der Waals surface area (Å²) in [5.41, 5.74) is 9.75. The van der Waals surface area contributed by atoms with Gasteiger partial charge >= 0.3 is 0 Å². The molecule has 0 fully saturated rings. The molecule has 2 heterocycles. The molecule has 0 aliphatic carbocycles. The predicted octanol–water partition coefficient (Wildman–Crippen LogP) is 2.42. The maximum absolute atomic E-state index is 5.87. The molecule has 0 radical (unpaired) electrons. The molecule has 5 nitrogen and oxygen atoms in total. The minimum absolute atomic E-state index is 0.421. The third kappa shape index (κ3) is 2.25. The fourth-order valence-corrected chi connectivity index (χ4v) is 2.13. The number of aromatic nitrogens is 3. The van der Waals surface area contributed by atoms with Crippen LogP contribution in [-0.4, -0.2) is 14.9 Å². The molecule has 0 bridgehead atoms. The van der Waals surface area contributed by atoms with Crippen molar-refractivity contribution in [3.63, 3.8) is 0 Å². The number of nitrogens with zero attached hydrogens (tertiary/aromatic N) is 3. The monoisotopic (exact) mass is 248 g/mol. The average molecular weight is 248 g/mol. The van der Waals surface area contributed by atoms with Crippen LogP contribution in [0.4, 0.5) is 5.88 Å². The van der Waals surface area contributed by atoms with Crippen molar-refractivity contribution in [2.75, 3.05) is 5.73 Å². The van der Waals surface area contributed by atoms with Gasteiger partial charge in [-0.3, -0.25) is 4.68 Å². The zero-order valence-electron chi connectivity index (χ0n) is 11.4. The molecule has 0 spiro atoms. The third-order valence-corrected chi connectivity index (χ3v) is 2.93. The Bertz CT molecular complexity index is 539. The summed E-state index contributed by atoms with van der Waals surface area (Å²) in [6.45, 7) is 6.39. The molecule has 0 saturated carbocycles. The number of hydrogen-bond donors (Lipinski definition) is 1. The van der Waals surface area contributed by atoms with Crippen LogP contribution < -0.4 is 5.73 Å². The highest BCUT2D eigenvalue weighted by molar-refractivity contribution is 5.68. The van der Waals surface area contributed by atoms with Crippen LogP contribution >= 0.6 is 0 Å². The summed E-state index contributed by atoms with van der Waals surface area (Å²) in [7, 11) is 1.91. The highest BCUT2D eigenvalue weighted by atomic mass is 16.5. The van der Waals surface area contributed by atoms with Gasteiger partial charge < -0.3 is 10.3 Å². The van der Waals surface area contributed by atoms with E-state index in [4.69, 9.17) is 10.3 Å². The van der Waals surface area contributed by atoms with Gasteiger partial charge in [-0.1, -0.05) is 25.9 Å². The topological polar surface area (TPSA) is 69.9 Å². The second kappa shape index (κ2) is 4.84. The summed E-state index contributed by atoms with van der Waals surface area (Å²) in [4.78, 5) is 0. The van der Waals surface area contributed by atoms with Crippen LogP contribution in [0.2, 0.25) is 0 Å². The van der Waals surface area contributed by atoms with Gasteiger partial charge in [0.1, 0.15) is 5.69 Å². The Hall–Kier alpha value is -1.78. The van der Waals surface area contributed by atoms with Crippen LogP contribution in [0.1, 0.15) is 32.0 Å². The third-order valence-electron chi connectivity index (χ3n) is 2.93. The van der Waals surface area contributed by atoms with E-state index in [0.29, 0.717) is 11.8 Å². The number of rotatable bonds is 4. The van der Waals surface area contributed by atoms with Crippen molar-refractivity contribution in [1.29, 1.82) is 0 Å². The minimum atomic E-state index is 0.421. The van der Waals surface area contributed by atoms with Gasteiger partial charge in [-0.2, -0.15) is 5.10 Å². The van der Waals surface area contributed by atoms with Crippen LogP contribution in [0.3, 0.4) is 0 Å². The van der Waals surface area contributed by atoms with Crippen molar-refractivity contribution in [2.45, 2.75) is 33.6 Å². The Morgan fingerprint density at radius 3 is 2.78 bits per heavy atom. The molecule has 0 amide bonds. The lowest BCUT2D eigenvalue weighted by Gasteiger charge is -2.04. The highest BCUT2D eigenvalue weighted by Gasteiger charge is 2.20. The number of hydrogen-bond acceptors (Lipinski definition) is 4. The van der Waals surface area contributed by atoms with Crippen LogP contribution in [0.5, 0.6) is 0 Å². The molecule has 0 atom stereocenters. The summed E-state index contributed by atoms with van der Waals surface area (Å²) < 4.78 is 6.95. The van der Waals surface area contributed by atoms with E-state index in [1.54, 1.807) is 4.68 Å². The molecule has 0 aliphatic rings. The molecule has 2 N–H and O–H groups in total. The SMILES string of the molecule is CCc1nn(C)cc1-c1noc(N)c1CC(C)C. The van der Waals surface area contributed by atoms with Crippen molar-refractivity contribution < 1.29 is 4.52 Å². The fraction of sp³-hybridized carbons (Fsp3) is 0.538. The molecule has 2 rings (SSSR count). The first-order chi connectivity index (χ1) is 8.52. The zero-order chi connectivity index (χ0) is 13.3. The van der Waals surface area contributed by atoms with Gasteiger partial charge in [-0.05, 0) is 18.8 Å². The van der Waals surface area contributed by atoms with Gasteiger partial charge in [0.25, 0.3) is 0 Å². The van der Waals surface area contributed by atoms with Gasteiger partial charge in [0.05, 0.1) is 5.69 Å². The van der Waals surface area contributed by atoms with E-state index >= 15 is 0 Å². The van der Waals surface area contributed by atoms with Crippen LogP contribution in [0.25, 0.3) is 11.3 Å². The molecule has 0 aromatic carbocycles. The van der Waals surface area contributed by atoms with E-state index in [-0.39, 0.29) is 0 Å². The summed E-state index contributed by atoms with van der Waals surface area (Å²) in [5.74, 6) is 0.928. The van der Waals surface area contributed by atoms with Crippen LogP contribution in [0.15, 0.2) is 10.7 Å². The number of nitrogen functional groups attached to an aromatic ring is 1. The lowest BCUT2D eigenvalue weighted by atomic mass is 9.99. The van der Waals surface area contributed by atoms with Gasteiger partial charge in [0.2, 0.25) is 5.88 Å². The molecule has 2 aromatic rings. The van der Waals surface area contributed by atoms with E-state index in [0.717, 1.165) is 35.4 Å². The van der Waals surface area contributed by atoms with Crippen LogP contribution in [0, 0.1) is 5.92 Å². The standard InChI is InChI=1S/C13H20N4O/c1-5-11-10(7-17(4)15-11)12-9(6-8(2)3)13(14)18-16-12/h7-8H,5-6,14H2,1-4H3. The summed E-state index contributed by atoms with van der Waals surface area (Å²) >= 11 is 0. The number of anilines is 1. The average Bonchev–Trinajstić information content (AvgIpc) is 2.83. The Morgan fingerprint density at radius 1 is 1.44 bits per heavy atom. The quantitative estimate of drug-likeness (QED) is 0.902. The van der Waals surface area contributed by atoms with Crippen molar-refractivity contribution in [3.05, 3.63) is 17.5 Å². The first kappa shape index (κ1) is 12.7. The smallest absolute Gasteiger partial charge is 0.225 e. The van der Waals surface area contributed by atoms with Gasteiger partial charge in [0.15, 0.2) is 0 Å². The lowest BCUT2D eigenvalue weighted by molar-refractivity contribution is 0.438. The molecule has 2 aromatic heterocycles. The first-order valence-corrected chi connectivity index (χ1v) is 6.29. The first-order valence-electron chi connectivity index (χ1n) is 6.29. The number of aryl methyl sites for hydroxylation is 2. The summed E-state index contributed by atoms with van der Waals surface area (Å²) in [6, 6.07) is 0. The maximum atomic E-state index is 5.87. The van der Waals surface area contributed by atoms with Gasteiger partial charge in [-0.25, -0.2) is 0 Å². The lowest BCUT2D eigenvalue weighted by Crippen LogP contribution is -1.99. The molecule has 0 unspecified atom stereocenters. The van der Waals surface area contributed by atoms with E-state index in [1.807, 2.05) is 13.2 Å². The Labute approximate surface area is 107 Å². The maximum Gasteiger partial charge on any atom is 0.225 e.